The van der Waals surface area contributed by atoms with Crippen LogP contribution >= 0.6 is 11.3 Å². The Hall–Kier alpha value is -2.16. The molecule has 0 saturated carbocycles. The summed E-state index contributed by atoms with van der Waals surface area (Å²) >= 11 is 1.53. The summed E-state index contributed by atoms with van der Waals surface area (Å²) in [5.41, 5.74) is 8.42. The van der Waals surface area contributed by atoms with Gasteiger partial charge < -0.3 is 10.8 Å². The van der Waals surface area contributed by atoms with Gasteiger partial charge in [0.25, 0.3) is 0 Å². The zero-order valence-corrected chi connectivity index (χ0v) is 16.7. The van der Waals surface area contributed by atoms with E-state index in [4.69, 9.17) is 10.8 Å². The molecular weight excluding hydrogens is 344 g/mol. The van der Waals surface area contributed by atoms with Gasteiger partial charge in [-0.2, -0.15) is 16.6 Å². The Morgan fingerprint density at radius 1 is 1.27 bits per heavy atom. The summed E-state index contributed by atoms with van der Waals surface area (Å²) in [4.78, 5) is 10.6. The Labute approximate surface area is 160 Å². The van der Waals surface area contributed by atoms with Crippen molar-refractivity contribution in [2.24, 2.45) is 11.7 Å². The summed E-state index contributed by atoms with van der Waals surface area (Å²) in [5, 5.41) is 22.0. The maximum Gasteiger partial charge on any atom is 0.303 e. The molecule has 0 spiro atoms. The monoisotopic (exact) mass is 372 g/mol. The highest BCUT2D eigenvalue weighted by Gasteiger charge is 2.36. The standard InChI is InChI=1S/C12H15NO2S.C9H13N/c1-9(2)12(8-13,5-3-11(14)15)10-4-6-16-7-10;1-7-3-5-9(6-4-7)8(2)10/h4,6-7,9H,3,5H2,1-2H3,(H,14,15);3-6,8H,10H2,1-2H3/t12-;/m1./s1. The van der Waals surface area contributed by atoms with Gasteiger partial charge in [0.2, 0.25) is 0 Å². The van der Waals surface area contributed by atoms with Crippen molar-refractivity contribution in [1.82, 2.24) is 0 Å². The fourth-order valence-electron chi connectivity index (χ4n) is 2.71. The highest BCUT2D eigenvalue weighted by atomic mass is 32.1. The molecular formula is C21H28N2O2S. The highest BCUT2D eigenvalue weighted by molar-refractivity contribution is 7.08. The number of nitrogens with zero attached hydrogens (tertiary/aromatic N) is 1. The molecule has 140 valence electrons. The second kappa shape index (κ2) is 10.1. The van der Waals surface area contributed by atoms with Crippen molar-refractivity contribution in [1.29, 1.82) is 5.26 Å². The second-order valence-electron chi connectivity index (χ2n) is 6.84. The first kappa shape index (κ1) is 21.9. The summed E-state index contributed by atoms with van der Waals surface area (Å²) in [6.45, 7) is 7.99. The van der Waals surface area contributed by atoms with Gasteiger partial charge >= 0.3 is 5.97 Å². The predicted molar refractivity (Wildman–Crippen MR) is 107 cm³/mol. The molecule has 2 aromatic rings. The van der Waals surface area contributed by atoms with Crippen LogP contribution in [0.25, 0.3) is 0 Å². The summed E-state index contributed by atoms with van der Waals surface area (Å²) in [5.74, 6) is -0.748. The van der Waals surface area contributed by atoms with E-state index < -0.39 is 11.4 Å². The molecule has 1 unspecified atom stereocenters. The maximum atomic E-state index is 10.6. The molecule has 5 heteroatoms. The van der Waals surface area contributed by atoms with Crippen molar-refractivity contribution in [3.05, 3.63) is 57.8 Å². The average molecular weight is 373 g/mol. The minimum atomic E-state index is -0.851. The van der Waals surface area contributed by atoms with E-state index in [1.54, 1.807) is 0 Å². The summed E-state index contributed by atoms with van der Waals surface area (Å²) in [6, 6.07) is 12.7. The van der Waals surface area contributed by atoms with Crippen LogP contribution in [0.1, 0.15) is 56.3 Å². The molecule has 0 radical (unpaired) electrons. The number of aliphatic carboxylic acids is 1. The van der Waals surface area contributed by atoms with Crippen LogP contribution < -0.4 is 5.73 Å². The number of thiophene rings is 1. The topological polar surface area (TPSA) is 87.1 Å². The second-order valence-corrected chi connectivity index (χ2v) is 7.62. The Bertz CT molecular complexity index is 715. The molecule has 1 heterocycles. The molecule has 26 heavy (non-hydrogen) atoms. The van der Waals surface area contributed by atoms with E-state index in [1.165, 1.54) is 22.5 Å². The average Bonchev–Trinajstić information content (AvgIpc) is 3.11. The number of rotatable bonds is 6. The van der Waals surface area contributed by atoms with Crippen LogP contribution in [-0.4, -0.2) is 11.1 Å². The molecule has 0 saturated heterocycles. The number of carbonyl (C=O) groups is 1. The van der Waals surface area contributed by atoms with Crippen LogP contribution in [0.2, 0.25) is 0 Å². The van der Waals surface area contributed by atoms with Crippen molar-refractivity contribution in [3.8, 4) is 6.07 Å². The first-order valence-corrected chi connectivity index (χ1v) is 9.65. The molecule has 0 aliphatic rings. The van der Waals surface area contributed by atoms with Crippen LogP contribution in [-0.2, 0) is 10.2 Å². The number of hydrogen-bond acceptors (Lipinski definition) is 4. The zero-order valence-electron chi connectivity index (χ0n) is 15.9. The van der Waals surface area contributed by atoms with E-state index in [1.807, 2.05) is 37.6 Å². The van der Waals surface area contributed by atoms with Crippen LogP contribution in [0, 0.1) is 24.2 Å². The lowest BCUT2D eigenvalue weighted by Crippen LogP contribution is -2.31. The van der Waals surface area contributed by atoms with E-state index >= 15 is 0 Å². The van der Waals surface area contributed by atoms with Gasteiger partial charge in [-0.15, -0.1) is 0 Å². The van der Waals surface area contributed by atoms with Crippen LogP contribution in [0.15, 0.2) is 41.1 Å². The summed E-state index contributed by atoms with van der Waals surface area (Å²) in [7, 11) is 0. The molecule has 0 amide bonds. The third-order valence-corrected chi connectivity index (χ3v) is 5.24. The van der Waals surface area contributed by atoms with E-state index in [-0.39, 0.29) is 18.4 Å². The lowest BCUT2D eigenvalue weighted by atomic mass is 9.71. The molecule has 3 N–H and O–H groups in total. The number of hydrogen-bond donors (Lipinski definition) is 2. The van der Waals surface area contributed by atoms with Crippen molar-refractivity contribution in [2.75, 3.05) is 0 Å². The molecule has 4 nitrogen and oxygen atoms in total. The Balaban J connectivity index is 0.000000289. The third kappa shape index (κ3) is 5.98. The molecule has 1 aromatic heterocycles. The van der Waals surface area contributed by atoms with Gasteiger partial charge in [-0.05, 0) is 54.1 Å². The summed E-state index contributed by atoms with van der Waals surface area (Å²) in [6.07, 6.45) is 0.398. The number of carboxylic acids is 1. The minimum absolute atomic E-state index is 0.0294. The van der Waals surface area contributed by atoms with Crippen LogP contribution in [0.5, 0.6) is 0 Å². The van der Waals surface area contributed by atoms with Gasteiger partial charge in [0, 0.05) is 12.5 Å². The zero-order chi connectivity index (χ0) is 19.7. The van der Waals surface area contributed by atoms with Gasteiger partial charge in [-0.3, -0.25) is 4.79 Å². The molecule has 2 rings (SSSR count). The van der Waals surface area contributed by atoms with Gasteiger partial charge in [-0.25, -0.2) is 0 Å². The number of benzene rings is 1. The first-order chi connectivity index (χ1) is 12.2. The normalized spacial score (nSPS) is 13.9. The SMILES string of the molecule is CC(C)[C@](C#N)(CCC(=O)O)c1ccsc1.Cc1ccc(C(C)N)cc1. The smallest absolute Gasteiger partial charge is 0.303 e. The van der Waals surface area contributed by atoms with Crippen molar-refractivity contribution < 1.29 is 9.90 Å². The third-order valence-electron chi connectivity index (χ3n) is 4.56. The predicted octanol–water partition coefficient (Wildman–Crippen LogP) is 5.05. The number of nitriles is 1. The lowest BCUT2D eigenvalue weighted by Gasteiger charge is -2.29. The van der Waals surface area contributed by atoms with Gasteiger partial charge in [-0.1, -0.05) is 43.7 Å². The number of carboxylic acid groups (broad SMARTS) is 1. The summed E-state index contributed by atoms with van der Waals surface area (Å²) < 4.78 is 0. The van der Waals surface area contributed by atoms with Crippen molar-refractivity contribution in [3.63, 3.8) is 0 Å². The molecule has 2 atom stereocenters. The van der Waals surface area contributed by atoms with Gasteiger partial charge in [0.15, 0.2) is 0 Å². The molecule has 1 aromatic carbocycles. The maximum absolute atomic E-state index is 10.6. The molecule has 0 bridgehead atoms. The Kier molecular flexibility index (Phi) is 8.50. The van der Waals surface area contributed by atoms with E-state index in [2.05, 4.69) is 37.3 Å². The molecule has 0 fully saturated rings. The first-order valence-electron chi connectivity index (χ1n) is 8.70. The minimum Gasteiger partial charge on any atom is -0.481 e. The highest BCUT2D eigenvalue weighted by Crippen LogP contribution is 2.37. The molecule has 0 aliphatic carbocycles. The Morgan fingerprint density at radius 3 is 2.27 bits per heavy atom. The quantitative estimate of drug-likeness (QED) is 0.743. The number of nitrogens with two attached hydrogens (primary N) is 1. The molecule has 0 aliphatic heterocycles. The lowest BCUT2D eigenvalue weighted by molar-refractivity contribution is -0.137. The van der Waals surface area contributed by atoms with Crippen LogP contribution in [0.4, 0.5) is 0 Å². The number of aryl methyl sites for hydroxylation is 1. The van der Waals surface area contributed by atoms with Crippen molar-refractivity contribution >= 4 is 17.3 Å². The van der Waals surface area contributed by atoms with E-state index in [9.17, 15) is 10.1 Å². The van der Waals surface area contributed by atoms with Gasteiger partial charge in [0.1, 0.15) is 0 Å². The largest absolute Gasteiger partial charge is 0.481 e. The Morgan fingerprint density at radius 2 is 1.88 bits per heavy atom. The van der Waals surface area contributed by atoms with Crippen LogP contribution in [0.3, 0.4) is 0 Å². The fraction of sp³-hybridized carbons (Fsp3) is 0.429. The van der Waals surface area contributed by atoms with E-state index in [0.717, 1.165) is 5.56 Å². The van der Waals surface area contributed by atoms with Crippen molar-refractivity contribution in [2.45, 2.75) is 52.0 Å². The van der Waals surface area contributed by atoms with E-state index in [0.29, 0.717) is 6.42 Å². The van der Waals surface area contributed by atoms with Gasteiger partial charge in [0.05, 0.1) is 11.5 Å². The fourth-order valence-corrected chi connectivity index (χ4v) is 3.45.